The standard InChI is InChI=1S/C13H17ClO2/c1-9(2)8-16-13-5-4-11(6-12(13)14)10(3)7-15/h4-6,10,15H,1,7-8H2,2-3H3. The quantitative estimate of drug-likeness (QED) is 0.800. The molecule has 1 rings (SSSR count). The second-order valence-electron chi connectivity index (χ2n) is 4.02. The highest BCUT2D eigenvalue weighted by Crippen LogP contribution is 2.28. The number of aliphatic hydroxyl groups excluding tert-OH is 1. The molecule has 16 heavy (non-hydrogen) atoms. The maximum atomic E-state index is 9.04. The van der Waals surface area contributed by atoms with Gasteiger partial charge in [0.05, 0.1) is 5.02 Å². The molecule has 1 aromatic rings. The molecule has 0 radical (unpaired) electrons. The minimum absolute atomic E-state index is 0.0905. The van der Waals surface area contributed by atoms with Gasteiger partial charge in [0.25, 0.3) is 0 Å². The van der Waals surface area contributed by atoms with Crippen molar-refractivity contribution in [3.8, 4) is 5.75 Å². The zero-order valence-electron chi connectivity index (χ0n) is 9.66. The van der Waals surface area contributed by atoms with E-state index in [9.17, 15) is 0 Å². The van der Waals surface area contributed by atoms with Gasteiger partial charge in [-0.2, -0.15) is 0 Å². The minimum Gasteiger partial charge on any atom is -0.488 e. The van der Waals surface area contributed by atoms with Crippen molar-refractivity contribution in [2.24, 2.45) is 0 Å². The van der Waals surface area contributed by atoms with Gasteiger partial charge in [0.15, 0.2) is 0 Å². The lowest BCUT2D eigenvalue weighted by molar-refractivity contribution is 0.273. The number of aliphatic hydroxyl groups is 1. The van der Waals surface area contributed by atoms with Gasteiger partial charge in [0, 0.05) is 12.5 Å². The fourth-order valence-electron chi connectivity index (χ4n) is 1.25. The van der Waals surface area contributed by atoms with Crippen molar-refractivity contribution in [1.82, 2.24) is 0 Å². The third-order valence-corrected chi connectivity index (χ3v) is 2.57. The first kappa shape index (κ1) is 13.1. The van der Waals surface area contributed by atoms with E-state index in [4.69, 9.17) is 21.4 Å². The molecular weight excluding hydrogens is 224 g/mol. The van der Waals surface area contributed by atoms with Crippen LogP contribution in [-0.2, 0) is 0 Å². The average Bonchev–Trinajstić information content (AvgIpc) is 2.26. The van der Waals surface area contributed by atoms with Gasteiger partial charge in [-0.25, -0.2) is 0 Å². The van der Waals surface area contributed by atoms with Crippen LogP contribution in [0.2, 0.25) is 5.02 Å². The van der Waals surface area contributed by atoms with Gasteiger partial charge in [0.1, 0.15) is 12.4 Å². The highest BCUT2D eigenvalue weighted by molar-refractivity contribution is 6.32. The van der Waals surface area contributed by atoms with Crippen LogP contribution in [0.1, 0.15) is 25.3 Å². The smallest absolute Gasteiger partial charge is 0.138 e. The summed E-state index contributed by atoms with van der Waals surface area (Å²) in [7, 11) is 0. The number of halogens is 1. The predicted molar refractivity (Wildman–Crippen MR) is 67.3 cm³/mol. The molecule has 0 aliphatic rings. The topological polar surface area (TPSA) is 29.5 Å². The van der Waals surface area contributed by atoms with E-state index in [0.717, 1.165) is 11.1 Å². The first-order valence-corrected chi connectivity index (χ1v) is 5.60. The van der Waals surface area contributed by atoms with E-state index in [1.165, 1.54) is 0 Å². The summed E-state index contributed by atoms with van der Waals surface area (Å²) >= 11 is 6.08. The Hall–Kier alpha value is -0.990. The van der Waals surface area contributed by atoms with Gasteiger partial charge in [0.2, 0.25) is 0 Å². The van der Waals surface area contributed by atoms with Crippen molar-refractivity contribution in [1.29, 1.82) is 0 Å². The second kappa shape index (κ2) is 5.92. The molecule has 2 nitrogen and oxygen atoms in total. The van der Waals surface area contributed by atoms with Crippen LogP contribution in [0.3, 0.4) is 0 Å². The molecule has 1 atom stereocenters. The highest BCUT2D eigenvalue weighted by Gasteiger charge is 2.08. The minimum atomic E-state index is 0.0905. The van der Waals surface area contributed by atoms with Crippen molar-refractivity contribution in [3.05, 3.63) is 40.9 Å². The Morgan fingerprint density at radius 2 is 2.25 bits per heavy atom. The van der Waals surface area contributed by atoms with Gasteiger partial charge in [-0.1, -0.05) is 31.2 Å². The molecule has 3 heteroatoms. The van der Waals surface area contributed by atoms with Crippen LogP contribution in [-0.4, -0.2) is 18.3 Å². The molecule has 0 aromatic heterocycles. The van der Waals surface area contributed by atoms with E-state index < -0.39 is 0 Å². The van der Waals surface area contributed by atoms with Crippen molar-refractivity contribution < 1.29 is 9.84 Å². The van der Waals surface area contributed by atoms with E-state index >= 15 is 0 Å². The fourth-order valence-corrected chi connectivity index (χ4v) is 1.49. The Labute approximate surface area is 102 Å². The monoisotopic (exact) mass is 240 g/mol. The summed E-state index contributed by atoms with van der Waals surface area (Å²) in [6, 6.07) is 5.57. The normalized spacial score (nSPS) is 12.2. The Morgan fingerprint density at radius 3 is 2.75 bits per heavy atom. The summed E-state index contributed by atoms with van der Waals surface area (Å²) in [6.07, 6.45) is 0. The summed E-state index contributed by atoms with van der Waals surface area (Å²) in [5.74, 6) is 0.742. The molecule has 0 aliphatic heterocycles. The Morgan fingerprint density at radius 1 is 1.56 bits per heavy atom. The van der Waals surface area contributed by atoms with Crippen LogP contribution in [0, 0.1) is 0 Å². The first-order valence-electron chi connectivity index (χ1n) is 5.22. The number of hydrogen-bond acceptors (Lipinski definition) is 2. The average molecular weight is 241 g/mol. The third kappa shape index (κ3) is 3.54. The molecule has 1 aromatic carbocycles. The number of ether oxygens (including phenoxy) is 1. The molecule has 0 aliphatic carbocycles. The maximum Gasteiger partial charge on any atom is 0.138 e. The summed E-state index contributed by atoms with van der Waals surface area (Å²) in [5.41, 5.74) is 1.96. The van der Waals surface area contributed by atoms with Gasteiger partial charge in [-0.15, -0.1) is 0 Å². The summed E-state index contributed by atoms with van der Waals surface area (Å²) < 4.78 is 5.47. The number of rotatable bonds is 5. The lowest BCUT2D eigenvalue weighted by Gasteiger charge is -2.12. The van der Waals surface area contributed by atoms with Gasteiger partial charge < -0.3 is 9.84 Å². The first-order chi connectivity index (χ1) is 7.54. The Balaban J connectivity index is 2.79. The second-order valence-corrected chi connectivity index (χ2v) is 4.43. The number of benzene rings is 1. The van der Waals surface area contributed by atoms with Crippen LogP contribution < -0.4 is 4.74 Å². The molecule has 0 spiro atoms. The van der Waals surface area contributed by atoms with E-state index in [1.54, 1.807) is 0 Å². The third-order valence-electron chi connectivity index (χ3n) is 2.27. The van der Waals surface area contributed by atoms with Crippen LogP contribution in [0.5, 0.6) is 5.75 Å². The van der Waals surface area contributed by atoms with E-state index in [0.29, 0.717) is 17.4 Å². The lowest BCUT2D eigenvalue weighted by atomic mass is 10.0. The Bertz CT molecular complexity index is 374. The molecular formula is C13H17ClO2. The van der Waals surface area contributed by atoms with Crippen molar-refractivity contribution in [2.75, 3.05) is 13.2 Å². The highest BCUT2D eigenvalue weighted by atomic mass is 35.5. The van der Waals surface area contributed by atoms with Crippen molar-refractivity contribution >= 4 is 11.6 Å². The van der Waals surface area contributed by atoms with Crippen molar-refractivity contribution in [3.63, 3.8) is 0 Å². The largest absolute Gasteiger partial charge is 0.488 e. The van der Waals surface area contributed by atoms with Crippen LogP contribution in [0.25, 0.3) is 0 Å². The Kier molecular flexibility index (Phi) is 4.84. The molecule has 0 saturated carbocycles. The summed E-state index contributed by atoms with van der Waals surface area (Å²) in [5, 5.41) is 9.61. The molecule has 88 valence electrons. The maximum absolute atomic E-state index is 9.04. The van der Waals surface area contributed by atoms with E-state index in [1.807, 2.05) is 32.0 Å². The summed E-state index contributed by atoms with van der Waals surface area (Å²) in [6.45, 7) is 8.18. The summed E-state index contributed by atoms with van der Waals surface area (Å²) in [4.78, 5) is 0. The molecule has 1 unspecified atom stereocenters. The zero-order valence-corrected chi connectivity index (χ0v) is 10.4. The van der Waals surface area contributed by atoms with Crippen LogP contribution >= 0.6 is 11.6 Å². The number of hydrogen-bond donors (Lipinski definition) is 1. The zero-order chi connectivity index (χ0) is 12.1. The SMILES string of the molecule is C=C(C)COc1ccc(C(C)CO)cc1Cl. The predicted octanol–water partition coefficient (Wildman–Crippen LogP) is 3.39. The molecule has 0 bridgehead atoms. The molecule has 0 fully saturated rings. The van der Waals surface area contributed by atoms with Gasteiger partial charge in [-0.3, -0.25) is 0 Å². The molecule has 1 N–H and O–H groups in total. The van der Waals surface area contributed by atoms with Gasteiger partial charge >= 0.3 is 0 Å². The van der Waals surface area contributed by atoms with E-state index in [2.05, 4.69) is 6.58 Å². The molecule has 0 saturated heterocycles. The van der Waals surface area contributed by atoms with Gasteiger partial charge in [-0.05, 0) is 30.2 Å². The van der Waals surface area contributed by atoms with Crippen molar-refractivity contribution in [2.45, 2.75) is 19.8 Å². The lowest BCUT2D eigenvalue weighted by Crippen LogP contribution is -2.01. The molecule has 0 amide bonds. The van der Waals surface area contributed by atoms with Crippen LogP contribution in [0.15, 0.2) is 30.4 Å². The fraction of sp³-hybridized carbons (Fsp3) is 0.385. The molecule has 0 heterocycles. The van der Waals surface area contributed by atoms with Crippen LogP contribution in [0.4, 0.5) is 0 Å². The van der Waals surface area contributed by atoms with E-state index in [-0.39, 0.29) is 12.5 Å².